The van der Waals surface area contributed by atoms with Gasteiger partial charge in [-0.3, -0.25) is 0 Å². The van der Waals surface area contributed by atoms with E-state index >= 15 is 0 Å². The van der Waals surface area contributed by atoms with Gasteiger partial charge in [0.25, 0.3) is 0 Å². The Morgan fingerprint density at radius 1 is 1.19 bits per heavy atom. The zero-order chi connectivity index (χ0) is 11.5. The minimum atomic E-state index is 0.210. The second-order valence-corrected chi connectivity index (χ2v) is 3.30. The maximum absolute atomic E-state index is 9.18. The Morgan fingerprint density at radius 2 is 1.88 bits per heavy atom. The summed E-state index contributed by atoms with van der Waals surface area (Å²) >= 11 is 0. The van der Waals surface area contributed by atoms with Gasteiger partial charge in [-0.2, -0.15) is 0 Å². The second-order valence-electron chi connectivity index (χ2n) is 3.30. The Balaban J connectivity index is 2.47. The number of hydrogen-bond acceptors (Lipinski definition) is 5. The summed E-state index contributed by atoms with van der Waals surface area (Å²) in [6.07, 6.45) is 0. The maximum Gasteiger partial charge on any atom is 0.163 e. The summed E-state index contributed by atoms with van der Waals surface area (Å²) in [4.78, 5) is 8.39. The highest BCUT2D eigenvalue weighted by Crippen LogP contribution is 2.20. The topological polar surface area (TPSA) is 84.1 Å². The molecule has 0 saturated heterocycles. The summed E-state index contributed by atoms with van der Waals surface area (Å²) < 4.78 is 0. The number of aromatic hydroxyl groups is 1. The molecule has 82 valence electrons. The minimum Gasteiger partial charge on any atom is -0.508 e. The van der Waals surface area contributed by atoms with Crippen LogP contribution in [0.25, 0.3) is 11.4 Å². The van der Waals surface area contributed by atoms with Gasteiger partial charge in [0.1, 0.15) is 17.4 Å². The highest BCUT2D eigenvalue weighted by molar-refractivity contribution is 5.60. The number of nitrogens with two attached hydrogens (primary N) is 1. The Labute approximate surface area is 93.0 Å². The fourth-order valence-corrected chi connectivity index (χ4v) is 1.33. The van der Waals surface area contributed by atoms with Crippen molar-refractivity contribution in [3.8, 4) is 17.1 Å². The van der Waals surface area contributed by atoms with Crippen molar-refractivity contribution in [1.82, 2.24) is 9.97 Å². The number of benzene rings is 1. The number of nitrogens with one attached hydrogen (secondary N) is 1. The van der Waals surface area contributed by atoms with Crippen molar-refractivity contribution in [3.63, 3.8) is 0 Å². The molecule has 0 saturated carbocycles. The van der Waals surface area contributed by atoms with Gasteiger partial charge in [0.15, 0.2) is 5.82 Å². The van der Waals surface area contributed by atoms with Crippen molar-refractivity contribution in [2.24, 2.45) is 0 Å². The molecular formula is C11H12N4O. The Morgan fingerprint density at radius 3 is 2.50 bits per heavy atom. The zero-order valence-corrected chi connectivity index (χ0v) is 8.81. The number of rotatable bonds is 2. The number of nitrogen functional groups attached to an aromatic ring is 1. The maximum atomic E-state index is 9.18. The van der Waals surface area contributed by atoms with Crippen molar-refractivity contribution in [2.45, 2.75) is 0 Å². The number of hydrogen-bond donors (Lipinski definition) is 3. The molecule has 0 aliphatic rings. The number of aromatic nitrogens is 2. The number of phenolic OH excluding ortho intramolecular Hbond substituents is 1. The van der Waals surface area contributed by atoms with Gasteiger partial charge in [-0.1, -0.05) is 0 Å². The molecular weight excluding hydrogens is 204 g/mol. The van der Waals surface area contributed by atoms with E-state index in [0.717, 1.165) is 5.56 Å². The van der Waals surface area contributed by atoms with E-state index in [-0.39, 0.29) is 5.75 Å². The first-order chi connectivity index (χ1) is 7.69. The van der Waals surface area contributed by atoms with Crippen LogP contribution in [-0.4, -0.2) is 22.1 Å². The van der Waals surface area contributed by atoms with Crippen molar-refractivity contribution < 1.29 is 5.11 Å². The lowest BCUT2D eigenvalue weighted by Gasteiger charge is -2.05. The van der Waals surface area contributed by atoms with Crippen LogP contribution in [0.3, 0.4) is 0 Å². The third-order valence-corrected chi connectivity index (χ3v) is 2.13. The summed E-state index contributed by atoms with van der Waals surface area (Å²) in [6.45, 7) is 0. The molecule has 0 radical (unpaired) electrons. The van der Waals surface area contributed by atoms with E-state index in [0.29, 0.717) is 17.5 Å². The fourth-order valence-electron chi connectivity index (χ4n) is 1.33. The standard InChI is InChI=1S/C11H12N4O/c1-13-10-6-9(12)14-11(15-10)7-2-4-8(16)5-3-7/h2-6,16H,1H3,(H3,12,13,14,15). The lowest BCUT2D eigenvalue weighted by molar-refractivity contribution is 0.475. The van der Waals surface area contributed by atoms with Crippen LogP contribution in [0.1, 0.15) is 0 Å². The van der Waals surface area contributed by atoms with Gasteiger partial charge in [0.05, 0.1) is 0 Å². The second kappa shape index (κ2) is 4.06. The molecule has 2 rings (SSSR count). The van der Waals surface area contributed by atoms with Gasteiger partial charge in [0, 0.05) is 18.7 Å². The van der Waals surface area contributed by atoms with Gasteiger partial charge < -0.3 is 16.2 Å². The van der Waals surface area contributed by atoms with Crippen LogP contribution in [0.4, 0.5) is 11.6 Å². The van der Waals surface area contributed by atoms with Crippen LogP contribution in [0, 0.1) is 0 Å². The molecule has 5 heteroatoms. The van der Waals surface area contributed by atoms with E-state index in [1.54, 1.807) is 37.4 Å². The summed E-state index contributed by atoms with van der Waals surface area (Å²) in [5.41, 5.74) is 6.47. The lowest BCUT2D eigenvalue weighted by Crippen LogP contribution is -2.00. The first-order valence-corrected chi connectivity index (χ1v) is 4.81. The van der Waals surface area contributed by atoms with Crippen LogP contribution in [0.15, 0.2) is 30.3 Å². The molecule has 16 heavy (non-hydrogen) atoms. The molecule has 0 bridgehead atoms. The van der Waals surface area contributed by atoms with Crippen LogP contribution >= 0.6 is 0 Å². The van der Waals surface area contributed by atoms with E-state index in [4.69, 9.17) is 5.73 Å². The first-order valence-electron chi connectivity index (χ1n) is 4.81. The third kappa shape index (κ3) is 2.03. The molecule has 1 heterocycles. The smallest absolute Gasteiger partial charge is 0.163 e. The molecule has 0 aliphatic heterocycles. The van der Waals surface area contributed by atoms with Gasteiger partial charge in [-0.15, -0.1) is 0 Å². The van der Waals surface area contributed by atoms with E-state index in [2.05, 4.69) is 15.3 Å². The molecule has 4 N–H and O–H groups in total. The molecule has 0 unspecified atom stereocenters. The average Bonchev–Trinajstić information content (AvgIpc) is 2.29. The quantitative estimate of drug-likeness (QED) is 0.708. The monoisotopic (exact) mass is 216 g/mol. The predicted octanol–water partition coefficient (Wildman–Crippen LogP) is 1.47. The molecule has 5 nitrogen and oxygen atoms in total. The third-order valence-electron chi connectivity index (χ3n) is 2.13. The normalized spacial score (nSPS) is 10.1. The molecule has 0 spiro atoms. The zero-order valence-electron chi connectivity index (χ0n) is 8.81. The van der Waals surface area contributed by atoms with Gasteiger partial charge in [-0.05, 0) is 24.3 Å². The summed E-state index contributed by atoms with van der Waals surface area (Å²) in [6, 6.07) is 8.30. The van der Waals surface area contributed by atoms with Crippen LogP contribution < -0.4 is 11.1 Å². The number of phenols is 1. The fraction of sp³-hybridized carbons (Fsp3) is 0.0909. The van der Waals surface area contributed by atoms with Gasteiger partial charge in [-0.25, -0.2) is 9.97 Å². The van der Waals surface area contributed by atoms with E-state index in [9.17, 15) is 5.11 Å². The first kappa shape index (κ1) is 10.2. The highest BCUT2D eigenvalue weighted by Gasteiger charge is 2.04. The molecule has 0 amide bonds. The minimum absolute atomic E-state index is 0.210. The van der Waals surface area contributed by atoms with Crippen LogP contribution in [-0.2, 0) is 0 Å². The molecule has 0 atom stereocenters. The Kier molecular flexibility index (Phi) is 2.59. The SMILES string of the molecule is CNc1cc(N)nc(-c2ccc(O)cc2)n1. The van der Waals surface area contributed by atoms with E-state index in [1.165, 1.54) is 0 Å². The van der Waals surface area contributed by atoms with Crippen molar-refractivity contribution in [3.05, 3.63) is 30.3 Å². The summed E-state index contributed by atoms with van der Waals surface area (Å²) in [5.74, 6) is 1.81. The predicted molar refractivity (Wildman–Crippen MR) is 63.1 cm³/mol. The molecule has 1 aromatic carbocycles. The van der Waals surface area contributed by atoms with Crippen molar-refractivity contribution in [2.75, 3.05) is 18.1 Å². The Hall–Kier alpha value is -2.30. The van der Waals surface area contributed by atoms with Crippen LogP contribution in [0.5, 0.6) is 5.75 Å². The van der Waals surface area contributed by atoms with Gasteiger partial charge >= 0.3 is 0 Å². The average molecular weight is 216 g/mol. The summed E-state index contributed by atoms with van der Waals surface area (Å²) in [5, 5.41) is 12.1. The Bertz CT molecular complexity index is 496. The van der Waals surface area contributed by atoms with E-state index < -0.39 is 0 Å². The summed E-state index contributed by atoms with van der Waals surface area (Å²) in [7, 11) is 1.77. The lowest BCUT2D eigenvalue weighted by atomic mass is 10.2. The molecule has 0 aliphatic carbocycles. The van der Waals surface area contributed by atoms with Gasteiger partial charge in [0.2, 0.25) is 0 Å². The molecule has 2 aromatic rings. The largest absolute Gasteiger partial charge is 0.508 e. The van der Waals surface area contributed by atoms with Crippen LogP contribution in [0.2, 0.25) is 0 Å². The van der Waals surface area contributed by atoms with E-state index in [1.807, 2.05) is 0 Å². The highest BCUT2D eigenvalue weighted by atomic mass is 16.3. The molecule has 0 fully saturated rings. The number of nitrogens with zero attached hydrogens (tertiary/aromatic N) is 2. The molecule has 1 aromatic heterocycles. The van der Waals surface area contributed by atoms with Crippen molar-refractivity contribution in [1.29, 1.82) is 0 Å². The number of anilines is 2. The van der Waals surface area contributed by atoms with Crippen molar-refractivity contribution >= 4 is 11.6 Å².